The molecular formula is C14H20F2N2. The van der Waals surface area contributed by atoms with Gasteiger partial charge in [0.2, 0.25) is 0 Å². The highest BCUT2D eigenvalue weighted by Gasteiger charge is 2.28. The van der Waals surface area contributed by atoms with Crippen LogP contribution in [0.4, 0.5) is 14.5 Å². The van der Waals surface area contributed by atoms with Crippen LogP contribution in [0.25, 0.3) is 0 Å². The first-order valence-corrected chi connectivity index (χ1v) is 6.57. The molecule has 1 aromatic rings. The number of hydrogen-bond donors (Lipinski definition) is 1. The van der Waals surface area contributed by atoms with Gasteiger partial charge < -0.3 is 10.2 Å². The third-order valence-corrected chi connectivity index (χ3v) is 3.59. The monoisotopic (exact) mass is 254 g/mol. The molecule has 1 aromatic carbocycles. The summed E-state index contributed by atoms with van der Waals surface area (Å²) >= 11 is 0. The Hall–Kier alpha value is -1.16. The minimum Gasteiger partial charge on any atom is -0.364 e. The van der Waals surface area contributed by atoms with Crippen LogP contribution in [-0.2, 0) is 0 Å². The first-order valence-electron chi connectivity index (χ1n) is 6.57. The zero-order chi connectivity index (χ0) is 13.1. The number of para-hydroxylation sites is 1. The van der Waals surface area contributed by atoms with Crippen LogP contribution in [0.1, 0.15) is 26.7 Å². The molecule has 0 bridgehead atoms. The van der Waals surface area contributed by atoms with Crippen LogP contribution in [0, 0.1) is 11.6 Å². The molecule has 4 heteroatoms. The molecule has 0 radical (unpaired) electrons. The van der Waals surface area contributed by atoms with Crippen LogP contribution in [0.2, 0.25) is 0 Å². The van der Waals surface area contributed by atoms with Gasteiger partial charge in [-0.2, -0.15) is 0 Å². The van der Waals surface area contributed by atoms with Crippen molar-refractivity contribution >= 4 is 5.69 Å². The molecule has 1 aliphatic heterocycles. The summed E-state index contributed by atoms with van der Waals surface area (Å²) in [5.74, 6) is -0.937. The van der Waals surface area contributed by atoms with E-state index in [-0.39, 0.29) is 11.7 Å². The lowest BCUT2D eigenvalue weighted by molar-refractivity contribution is 0.368. The smallest absolute Gasteiger partial charge is 0.149 e. The lowest BCUT2D eigenvalue weighted by Crippen LogP contribution is -2.48. The molecule has 2 unspecified atom stereocenters. The predicted octanol–water partition coefficient (Wildman–Crippen LogP) is 2.93. The molecule has 2 atom stereocenters. The molecule has 1 heterocycles. The minimum atomic E-state index is -0.469. The summed E-state index contributed by atoms with van der Waals surface area (Å²) < 4.78 is 27.5. The normalized spacial score (nSPS) is 24.3. The van der Waals surface area contributed by atoms with Crippen molar-refractivity contribution in [3.8, 4) is 0 Å². The number of anilines is 1. The molecule has 18 heavy (non-hydrogen) atoms. The van der Waals surface area contributed by atoms with Gasteiger partial charge in [-0.05, 0) is 38.4 Å². The van der Waals surface area contributed by atoms with Crippen molar-refractivity contribution in [2.45, 2.75) is 38.8 Å². The van der Waals surface area contributed by atoms with E-state index in [1.165, 1.54) is 18.2 Å². The number of piperidine rings is 1. The van der Waals surface area contributed by atoms with Crippen molar-refractivity contribution in [1.82, 2.24) is 5.32 Å². The number of hydrogen-bond acceptors (Lipinski definition) is 2. The van der Waals surface area contributed by atoms with Crippen LogP contribution in [0.15, 0.2) is 18.2 Å². The molecule has 1 fully saturated rings. The number of nitrogens with one attached hydrogen (secondary N) is 1. The average Bonchev–Trinajstić information content (AvgIpc) is 2.32. The zero-order valence-electron chi connectivity index (χ0n) is 10.9. The third-order valence-electron chi connectivity index (χ3n) is 3.59. The fourth-order valence-corrected chi connectivity index (χ4v) is 2.74. The molecule has 2 rings (SSSR count). The SMILES string of the molecule is CCNC1CCN(c2c(F)cccc2F)C(C)C1. The summed E-state index contributed by atoms with van der Waals surface area (Å²) in [4.78, 5) is 1.85. The molecule has 0 aliphatic carbocycles. The van der Waals surface area contributed by atoms with Gasteiger partial charge in [0, 0.05) is 18.6 Å². The van der Waals surface area contributed by atoms with E-state index in [0.717, 1.165) is 19.4 Å². The topological polar surface area (TPSA) is 15.3 Å². The van der Waals surface area contributed by atoms with Gasteiger partial charge in [-0.25, -0.2) is 8.78 Å². The maximum Gasteiger partial charge on any atom is 0.149 e. The molecule has 2 nitrogen and oxygen atoms in total. The first-order chi connectivity index (χ1) is 8.63. The van der Waals surface area contributed by atoms with Gasteiger partial charge in [-0.15, -0.1) is 0 Å². The molecule has 0 spiro atoms. The number of benzene rings is 1. The fourth-order valence-electron chi connectivity index (χ4n) is 2.74. The molecular weight excluding hydrogens is 234 g/mol. The van der Waals surface area contributed by atoms with Crippen LogP contribution < -0.4 is 10.2 Å². The highest BCUT2D eigenvalue weighted by atomic mass is 19.1. The molecule has 1 saturated heterocycles. The summed E-state index contributed by atoms with van der Waals surface area (Å²) in [6, 6.07) is 4.65. The highest BCUT2D eigenvalue weighted by molar-refractivity contribution is 5.50. The minimum absolute atomic E-state index is 0.125. The van der Waals surface area contributed by atoms with Crippen molar-refractivity contribution < 1.29 is 8.78 Å². The van der Waals surface area contributed by atoms with Crippen molar-refractivity contribution in [3.63, 3.8) is 0 Å². The summed E-state index contributed by atoms with van der Waals surface area (Å²) in [6.45, 7) is 5.73. The van der Waals surface area contributed by atoms with Crippen molar-refractivity contribution in [1.29, 1.82) is 0 Å². The second kappa shape index (κ2) is 5.65. The Labute approximate surface area is 107 Å². The van der Waals surface area contributed by atoms with Crippen LogP contribution >= 0.6 is 0 Å². The number of halogens is 2. The molecule has 100 valence electrons. The Morgan fingerprint density at radius 3 is 2.56 bits per heavy atom. The van der Waals surface area contributed by atoms with Gasteiger partial charge in [0.15, 0.2) is 0 Å². The second-order valence-electron chi connectivity index (χ2n) is 4.89. The fraction of sp³-hybridized carbons (Fsp3) is 0.571. The van der Waals surface area contributed by atoms with Gasteiger partial charge in [0.1, 0.15) is 17.3 Å². The summed E-state index contributed by atoms with van der Waals surface area (Å²) in [7, 11) is 0. The second-order valence-corrected chi connectivity index (χ2v) is 4.89. The van der Waals surface area contributed by atoms with E-state index in [0.29, 0.717) is 12.6 Å². The van der Waals surface area contributed by atoms with E-state index in [1.807, 2.05) is 11.8 Å². The van der Waals surface area contributed by atoms with Gasteiger partial charge in [-0.3, -0.25) is 0 Å². The van der Waals surface area contributed by atoms with E-state index >= 15 is 0 Å². The van der Waals surface area contributed by atoms with E-state index in [4.69, 9.17) is 0 Å². The van der Waals surface area contributed by atoms with E-state index < -0.39 is 11.6 Å². The summed E-state index contributed by atoms with van der Waals surface area (Å²) in [6.07, 6.45) is 1.84. The lowest BCUT2D eigenvalue weighted by Gasteiger charge is -2.39. The predicted molar refractivity (Wildman–Crippen MR) is 69.9 cm³/mol. The van der Waals surface area contributed by atoms with Gasteiger partial charge in [-0.1, -0.05) is 13.0 Å². The highest BCUT2D eigenvalue weighted by Crippen LogP contribution is 2.29. The summed E-state index contributed by atoms with van der Waals surface area (Å²) in [5.41, 5.74) is 0.125. The van der Waals surface area contributed by atoms with Gasteiger partial charge in [0.25, 0.3) is 0 Å². The number of nitrogens with zero attached hydrogens (tertiary/aromatic N) is 1. The van der Waals surface area contributed by atoms with Gasteiger partial charge in [0.05, 0.1) is 0 Å². The largest absolute Gasteiger partial charge is 0.364 e. The van der Waals surface area contributed by atoms with Crippen molar-refractivity contribution in [2.24, 2.45) is 0 Å². The van der Waals surface area contributed by atoms with Crippen molar-refractivity contribution in [2.75, 3.05) is 18.0 Å². The maximum absolute atomic E-state index is 13.8. The molecule has 0 saturated carbocycles. The molecule has 1 aliphatic rings. The van der Waals surface area contributed by atoms with E-state index in [2.05, 4.69) is 12.2 Å². The Bertz CT molecular complexity index is 389. The van der Waals surface area contributed by atoms with E-state index in [9.17, 15) is 8.78 Å². The zero-order valence-corrected chi connectivity index (χ0v) is 10.9. The molecule has 1 N–H and O–H groups in total. The quantitative estimate of drug-likeness (QED) is 0.892. The first kappa shape index (κ1) is 13.3. The Balaban J connectivity index is 2.15. The van der Waals surface area contributed by atoms with Gasteiger partial charge >= 0.3 is 0 Å². The Morgan fingerprint density at radius 1 is 1.33 bits per heavy atom. The third kappa shape index (κ3) is 2.64. The van der Waals surface area contributed by atoms with Crippen molar-refractivity contribution in [3.05, 3.63) is 29.8 Å². The lowest BCUT2D eigenvalue weighted by atomic mass is 9.97. The Morgan fingerprint density at radius 2 is 2.00 bits per heavy atom. The van der Waals surface area contributed by atoms with E-state index in [1.54, 1.807) is 0 Å². The Kier molecular flexibility index (Phi) is 4.17. The maximum atomic E-state index is 13.8. The molecule has 0 aromatic heterocycles. The van der Waals surface area contributed by atoms with Crippen LogP contribution in [0.3, 0.4) is 0 Å². The van der Waals surface area contributed by atoms with Crippen LogP contribution in [0.5, 0.6) is 0 Å². The van der Waals surface area contributed by atoms with Crippen LogP contribution in [-0.4, -0.2) is 25.2 Å². The standard InChI is InChI=1S/C14H20F2N2/c1-3-17-11-7-8-18(10(2)9-11)14-12(15)5-4-6-13(14)16/h4-6,10-11,17H,3,7-9H2,1-2H3. The summed E-state index contributed by atoms with van der Waals surface area (Å²) in [5, 5.41) is 3.40. The molecule has 0 amide bonds. The number of rotatable bonds is 3. The average molecular weight is 254 g/mol.